The van der Waals surface area contributed by atoms with Crippen LogP contribution in [-0.2, 0) is 4.74 Å². The zero-order chi connectivity index (χ0) is 13.1. The topological polar surface area (TPSA) is 67.9 Å². The first kappa shape index (κ1) is 12.9. The molecule has 90 valence electrons. The van der Waals surface area contributed by atoms with E-state index in [2.05, 4.69) is 4.98 Å². The van der Waals surface area contributed by atoms with Crippen molar-refractivity contribution in [3.8, 4) is 6.07 Å². The van der Waals surface area contributed by atoms with Crippen molar-refractivity contribution in [2.45, 2.75) is 26.4 Å². The summed E-state index contributed by atoms with van der Waals surface area (Å²) in [5.41, 5.74) is -0.440. The van der Waals surface area contributed by atoms with E-state index < -0.39 is 17.5 Å². The molecule has 0 saturated heterocycles. The van der Waals surface area contributed by atoms with Gasteiger partial charge in [0.2, 0.25) is 5.83 Å². The second-order valence-corrected chi connectivity index (χ2v) is 4.29. The minimum atomic E-state index is -0.973. The molecule has 1 aromatic rings. The summed E-state index contributed by atoms with van der Waals surface area (Å²) in [6.45, 7) is 5.20. The summed E-state index contributed by atoms with van der Waals surface area (Å²) in [6, 6.07) is 1.32. The van der Waals surface area contributed by atoms with E-state index in [9.17, 15) is 9.18 Å². The molecule has 0 radical (unpaired) electrons. The molecule has 0 spiro atoms. The molecule has 17 heavy (non-hydrogen) atoms. The summed E-state index contributed by atoms with van der Waals surface area (Å²) in [5, 5.41) is 8.25. The second kappa shape index (κ2) is 4.78. The monoisotopic (exact) mass is 237 g/mol. The smallest absolute Gasteiger partial charge is 0.419 e. The highest BCUT2D eigenvalue weighted by Crippen LogP contribution is 2.10. The van der Waals surface area contributed by atoms with E-state index in [-0.39, 0.29) is 5.69 Å². The van der Waals surface area contributed by atoms with Crippen LogP contribution in [0.1, 0.15) is 26.5 Å². The Labute approximate surface area is 98.1 Å². The second-order valence-electron chi connectivity index (χ2n) is 4.29. The Morgan fingerprint density at radius 3 is 2.82 bits per heavy atom. The van der Waals surface area contributed by atoms with E-state index in [1.54, 1.807) is 20.8 Å². The fraction of sp³-hybridized carbons (Fsp3) is 0.364. The minimum Gasteiger partial charge on any atom is -0.443 e. The van der Waals surface area contributed by atoms with Gasteiger partial charge in [-0.15, -0.1) is 0 Å². The summed E-state index contributed by atoms with van der Waals surface area (Å²) in [5.74, 6) is -0.973. The van der Waals surface area contributed by atoms with Gasteiger partial charge in [-0.1, -0.05) is 0 Å². The number of halogens is 1. The van der Waals surface area contributed by atoms with Crippen LogP contribution in [0.4, 0.5) is 9.18 Å². The summed E-state index contributed by atoms with van der Waals surface area (Å²) >= 11 is 0. The standard InChI is InChI=1S/C11H12FN3O2/c1-11(2,3)17-10(16)15-6-9(14-7-15)4-8(12)5-13/h4,6-7H,1-3H3/b8-4+. The van der Waals surface area contributed by atoms with Crippen LogP contribution in [0.3, 0.4) is 0 Å². The van der Waals surface area contributed by atoms with Crippen LogP contribution >= 0.6 is 0 Å². The fourth-order valence-electron chi connectivity index (χ4n) is 0.989. The van der Waals surface area contributed by atoms with Crippen LogP contribution in [-0.4, -0.2) is 21.2 Å². The Morgan fingerprint density at radius 1 is 1.65 bits per heavy atom. The van der Waals surface area contributed by atoms with Crippen LogP contribution in [0, 0.1) is 11.3 Å². The largest absolute Gasteiger partial charge is 0.443 e. The molecular weight excluding hydrogens is 225 g/mol. The number of hydrogen-bond donors (Lipinski definition) is 0. The van der Waals surface area contributed by atoms with Gasteiger partial charge in [0.05, 0.1) is 5.69 Å². The van der Waals surface area contributed by atoms with Gasteiger partial charge in [-0.3, -0.25) is 0 Å². The molecule has 5 nitrogen and oxygen atoms in total. The van der Waals surface area contributed by atoms with Crippen LogP contribution in [0.25, 0.3) is 6.08 Å². The number of rotatable bonds is 1. The van der Waals surface area contributed by atoms with Gasteiger partial charge in [0.15, 0.2) is 0 Å². The first-order valence-corrected chi connectivity index (χ1v) is 4.86. The predicted molar refractivity (Wildman–Crippen MR) is 58.6 cm³/mol. The molecule has 0 aliphatic carbocycles. The van der Waals surface area contributed by atoms with E-state index in [1.807, 2.05) is 0 Å². The lowest BCUT2D eigenvalue weighted by Gasteiger charge is -2.18. The van der Waals surface area contributed by atoms with E-state index in [4.69, 9.17) is 10.00 Å². The van der Waals surface area contributed by atoms with Crippen LogP contribution in [0.5, 0.6) is 0 Å². The number of aromatic nitrogens is 2. The van der Waals surface area contributed by atoms with E-state index in [1.165, 1.54) is 18.6 Å². The lowest BCUT2D eigenvalue weighted by Crippen LogP contribution is -2.26. The maximum absolute atomic E-state index is 12.6. The maximum Gasteiger partial charge on any atom is 0.419 e. The van der Waals surface area contributed by atoms with Gasteiger partial charge >= 0.3 is 6.09 Å². The first-order valence-electron chi connectivity index (χ1n) is 4.86. The molecule has 1 rings (SSSR count). The van der Waals surface area contributed by atoms with Gasteiger partial charge in [-0.2, -0.15) is 9.65 Å². The van der Waals surface area contributed by atoms with E-state index in [0.29, 0.717) is 0 Å². The summed E-state index contributed by atoms with van der Waals surface area (Å²) in [7, 11) is 0. The number of nitriles is 1. The Morgan fingerprint density at radius 2 is 2.29 bits per heavy atom. The zero-order valence-corrected chi connectivity index (χ0v) is 9.77. The molecule has 6 heteroatoms. The number of hydrogen-bond acceptors (Lipinski definition) is 4. The Bertz CT molecular complexity index is 492. The summed E-state index contributed by atoms with van der Waals surface area (Å²) < 4.78 is 18.8. The Balaban J connectivity index is 2.83. The lowest BCUT2D eigenvalue weighted by atomic mass is 10.2. The van der Waals surface area contributed by atoms with E-state index >= 15 is 0 Å². The average molecular weight is 237 g/mol. The highest BCUT2D eigenvalue weighted by atomic mass is 19.1. The molecule has 0 aromatic carbocycles. The van der Waals surface area contributed by atoms with E-state index in [0.717, 1.165) is 10.6 Å². The highest BCUT2D eigenvalue weighted by Gasteiger charge is 2.17. The molecule has 0 bridgehead atoms. The van der Waals surface area contributed by atoms with Crippen LogP contribution in [0.2, 0.25) is 0 Å². The van der Waals surface area contributed by atoms with Gasteiger partial charge in [-0.05, 0) is 20.8 Å². The van der Waals surface area contributed by atoms with Gasteiger partial charge < -0.3 is 4.74 Å². The van der Waals surface area contributed by atoms with Crippen molar-refractivity contribution in [2.24, 2.45) is 0 Å². The Hall–Kier alpha value is -2.16. The zero-order valence-electron chi connectivity index (χ0n) is 9.77. The quantitative estimate of drug-likeness (QED) is 0.704. The molecule has 1 aromatic heterocycles. The van der Waals surface area contributed by atoms with Crippen molar-refractivity contribution < 1.29 is 13.9 Å². The van der Waals surface area contributed by atoms with Crippen molar-refractivity contribution in [1.82, 2.24) is 9.55 Å². The number of imidazole rings is 1. The number of carbonyl (C=O) groups is 1. The molecule has 0 amide bonds. The first-order chi connectivity index (χ1) is 7.81. The number of carbonyl (C=O) groups excluding carboxylic acids is 1. The summed E-state index contributed by atoms with van der Waals surface area (Å²) in [4.78, 5) is 15.3. The normalized spacial score (nSPS) is 12.1. The lowest BCUT2D eigenvalue weighted by molar-refractivity contribution is 0.0536. The summed E-state index contributed by atoms with van der Waals surface area (Å²) in [6.07, 6.45) is 2.80. The fourth-order valence-corrected chi connectivity index (χ4v) is 0.989. The third-order valence-corrected chi connectivity index (χ3v) is 1.59. The number of nitrogens with zero attached hydrogens (tertiary/aromatic N) is 3. The molecule has 0 aliphatic rings. The van der Waals surface area contributed by atoms with Gasteiger partial charge in [0.25, 0.3) is 0 Å². The number of allylic oxidation sites excluding steroid dienone is 1. The molecule has 0 fully saturated rings. The molecule has 0 N–H and O–H groups in total. The van der Waals surface area contributed by atoms with Crippen LogP contribution in [0.15, 0.2) is 18.4 Å². The van der Waals surface area contributed by atoms with Crippen molar-refractivity contribution in [3.05, 3.63) is 24.0 Å². The number of ether oxygens (including phenoxy) is 1. The van der Waals surface area contributed by atoms with Crippen molar-refractivity contribution in [2.75, 3.05) is 0 Å². The van der Waals surface area contributed by atoms with Crippen molar-refractivity contribution >= 4 is 12.2 Å². The van der Waals surface area contributed by atoms with Crippen LogP contribution < -0.4 is 0 Å². The molecule has 1 heterocycles. The molecule has 0 aliphatic heterocycles. The molecule has 0 saturated carbocycles. The van der Waals surface area contributed by atoms with Crippen molar-refractivity contribution in [1.29, 1.82) is 5.26 Å². The maximum atomic E-state index is 12.6. The third-order valence-electron chi connectivity index (χ3n) is 1.59. The highest BCUT2D eigenvalue weighted by molar-refractivity contribution is 5.71. The third kappa shape index (κ3) is 4.07. The van der Waals surface area contributed by atoms with Gasteiger partial charge in [-0.25, -0.2) is 14.3 Å². The molecule has 0 unspecified atom stereocenters. The predicted octanol–water partition coefficient (Wildman–Crippen LogP) is 2.50. The Kier molecular flexibility index (Phi) is 3.63. The molecular formula is C11H12FN3O2. The molecule has 0 atom stereocenters. The minimum absolute atomic E-state index is 0.176. The average Bonchev–Trinajstić information content (AvgIpc) is 2.63. The van der Waals surface area contributed by atoms with Crippen molar-refractivity contribution in [3.63, 3.8) is 0 Å². The van der Waals surface area contributed by atoms with Gasteiger partial charge in [0, 0.05) is 12.3 Å². The SMILES string of the molecule is CC(C)(C)OC(=O)n1cnc(/C=C(/F)C#N)c1. The van der Waals surface area contributed by atoms with Gasteiger partial charge in [0.1, 0.15) is 18.0 Å².